The van der Waals surface area contributed by atoms with E-state index in [1.807, 2.05) is 0 Å². The van der Waals surface area contributed by atoms with E-state index in [0.717, 1.165) is 0 Å². The van der Waals surface area contributed by atoms with Gasteiger partial charge in [0, 0.05) is 6.08 Å². The van der Waals surface area contributed by atoms with Crippen LogP contribution in [0.15, 0.2) is 10.6 Å². The Bertz CT molecular complexity index is 466. The van der Waals surface area contributed by atoms with E-state index in [4.69, 9.17) is 0 Å². The fourth-order valence-electron chi connectivity index (χ4n) is 0.916. The van der Waals surface area contributed by atoms with Crippen molar-refractivity contribution in [1.82, 2.24) is 0 Å². The molecule has 0 atom stereocenters. The molecular formula is C8HBrF14. The lowest BCUT2D eigenvalue weighted by Gasteiger charge is -2.36. The largest absolute Gasteiger partial charge is 0.460 e. The highest BCUT2D eigenvalue weighted by Crippen LogP contribution is 2.58. The smallest absolute Gasteiger partial charge is 0.195 e. The van der Waals surface area contributed by atoms with Gasteiger partial charge in [0.2, 0.25) is 0 Å². The van der Waals surface area contributed by atoms with Crippen LogP contribution in [0.5, 0.6) is 0 Å². The average Bonchev–Trinajstić information content (AvgIpc) is 2.24. The first-order valence-electron chi connectivity index (χ1n) is 4.66. The third-order valence-corrected chi connectivity index (χ3v) is 2.82. The van der Waals surface area contributed by atoms with Gasteiger partial charge in [-0.1, -0.05) is 0 Å². The SMILES string of the molecule is FC(F)(F)C(Br)=CC(F)(F)C(F)(F)C(F)(F)C(F)(F)C(F)(F)F. The van der Waals surface area contributed by atoms with Gasteiger partial charge in [0.15, 0.2) is 0 Å². The average molecular weight is 443 g/mol. The minimum absolute atomic E-state index is 1.25. The first kappa shape index (κ1) is 22.2. The van der Waals surface area contributed by atoms with Gasteiger partial charge in [0.05, 0.1) is 0 Å². The van der Waals surface area contributed by atoms with E-state index in [-0.39, 0.29) is 0 Å². The number of hydrogen-bond donors (Lipinski definition) is 0. The molecule has 0 radical (unpaired) electrons. The van der Waals surface area contributed by atoms with Gasteiger partial charge in [0.1, 0.15) is 4.48 Å². The van der Waals surface area contributed by atoms with Crippen LogP contribution in [0.25, 0.3) is 0 Å². The normalized spacial score (nSPS) is 16.7. The van der Waals surface area contributed by atoms with E-state index in [0.29, 0.717) is 0 Å². The molecule has 0 rings (SSSR count). The van der Waals surface area contributed by atoms with Gasteiger partial charge in [0.25, 0.3) is 0 Å². The van der Waals surface area contributed by atoms with Gasteiger partial charge >= 0.3 is 36.0 Å². The molecule has 0 aliphatic heterocycles. The molecule has 0 aromatic carbocycles. The van der Waals surface area contributed by atoms with Crippen molar-refractivity contribution in [3.05, 3.63) is 10.6 Å². The van der Waals surface area contributed by atoms with E-state index in [1.54, 1.807) is 0 Å². The van der Waals surface area contributed by atoms with Gasteiger partial charge in [-0.2, -0.15) is 61.5 Å². The molecule has 0 aromatic rings. The van der Waals surface area contributed by atoms with Crippen molar-refractivity contribution in [1.29, 1.82) is 0 Å². The molecule has 0 N–H and O–H groups in total. The number of halogens is 15. The van der Waals surface area contributed by atoms with E-state index in [9.17, 15) is 61.5 Å². The lowest BCUT2D eigenvalue weighted by molar-refractivity contribution is -0.417. The lowest BCUT2D eigenvalue weighted by atomic mass is 9.98. The second-order valence-electron chi connectivity index (χ2n) is 3.83. The third-order valence-electron chi connectivity index (χ3n) is 2.14. The molecule has 0 saturated carbocycles. The summed E-state index contributed by atoms with van der Waals surface area (Å²) in [4.78, 5) is 0. The number of rotatable bonds is 4. The highest BCUT2D eigenvalue weighted by Gasteiger charge is 2.86. The minimum Gasteiger partial charge on any atom is -0.195 e. The summed E-state index contributed by atoms with van der Waals surface area (Å²) in [7, 11) is 0. The summed E-state index contributed by atoms with van der Waals surface area (Å²) >= 11 is 1.25. The summed E-state index contributed by atoms with van der Waals surface area (Å²) in [6, 6.07) is 0. The quantitative estimate of drug-likeness (QED) is 0.473. The second kappa shape index (κ2) is 5.65. The Hall–Kier alpha value is -0.760. The molecule has 15 heteroatoms. The fourth-order valence-corrected chi connectivity index (χ4v) is 1.20. The Kier molecular flexibility index (Phi) is 5.46. The second-order valence-corrected chi connectivity index (χ2v) is 4.69. The molecule has 0 nitrogen and oxygen atoms in total. The Balaban J connectivity index is 6.16. The van der Waals surface area contributed by atoms with Crippen LogP contribution >= 0.6 is 15.9 Å². The molecule has 0 bridgehead atoms. The zero-order valence-corrected chi connectivity index (χ0v) is 11.3. The summed E-state index contributed by atoms with van der Waals surface area (Å²) in [5.74, 6) is -29.6. The molecule has 0 amide bonds. The van der Waals surface area contributed by atoms with Gasteiger partial charge in [-0.25, -0.2) is 0 Å². The van der Waals surface area contributed by atoms with Crippen molar-refractivity contribution in [2.45, 2.75) is 36.0 Å². The topological polar surface area (TPSA) is 0 Å². The predicted octanol–water partition coefficient (Wildman–Crippen LogP) is 5.93. The Morgan fingerprint density at radius 3 is 1.17 bits per heavy atom. The van der Waals surface area contributed by atoms with Gasteiger partial charge in [-0.15, -0.1) is 0 Å². The summed E-state index contributed by atoms with van der Waals surface area (Å²) in [6.07, 6.45) is -15.1. The zero-order valence-electron chi connectivity index (χ0n) is 9.75. The molecule has 23 heavy (non-hydrogen) atoms. The first-order valence-corrected chi connectivity index (χ1v) is 5.46. The van der Waals surface area contributed by atoms with E-state index in [1.165, 1.54) is 15.9 Å². The maximum absolute atomic E-state index is 12.9. The Labute approximate surface area is 125 Å². The van der Waals surface area contributed by atoms with Crippen LogP contribution in [0, 0.1) is 0 Å². The standard InChI is InChI=1S/C8HBrF14/c9-2(4(12,13)14)1-3(10,11)5(15,16)6(17,18)7(19,20)8(21,22)23/h1H. The van der Waals surface area contributed by atoms with Crippen LogP contribution in [0.3, 0.4) is 0 Å². The number of allylic oxidation sites excluding steroid dienone is 2. The van der Waals surface area contributed by atoms with Crippen LogP contribution in [0.1, 0.15) is 0 Å². The van der Waals surface area contributed by atoms with Gasteiger partial charge in [-0.3, -0.25) is 0 Å². The first-order chi connectivity index (χ1) is 9.63. The maximum atomic E-state index is 12.9. The fraction of sp³-hybridized carbons (Fsp3) is 0.750. The van der Waals surface area contributed by atoms with Crippen molar-refractivity contribution in [3.63, 3.8) is 0 Å². The summed E-state index contributed by atoms with van der Waals surface area (Å²) in [6.45, 7) is 0. The molecule has 0 unspecified atom stereocenters. The molecule has 0 aliphatic carbocycles. The Morgan fingerprint density at radius 2 is 0.913 bits per heavy atom. The van der Waals surface area contributed by atoms with Gasteiger partial charge < -0.3 is 0 Å². The third kappa shape index (κ3) is 3.68. The van der Waals surface area contributed by atoms with Crippen LogP contribution in [0.2, 0.25) is 0 Å². The Morgan fingerprint density at radius 1 is 0.565 bits per heavy atom. The number of alkyl halides is 14. The molecule has 0 spiro atoms. The summed E-state index contributed by atoms with van der Waals surface area (Å²) < 4.78 is 169. The van der Waals surface area contributed by atoms with Crippen molar-refractivity contribution in [3.8, 4) is 0 Å². The van der Waals surface area contributed by atoms with E-state index >= 15 is 0 Å². The van der Waals surface area contributed by atoms with Crippen molar-refractivity contribution < 1.29 is 61.5 Å². The summed E-state index contributed by atoms with van der Waals surface area (Å²) in [5.41, 5.74) is 0. The predicted molar refractivity (Wildman–Crippen MR) is 48.9 cm³/mol. The van der Waals surface area contributed by atoms with Crippen molar-refractivity contribution in [2.24, 2.45) is 0 Å². The molecule has 0 heterocycles. The van der Waals surface area contributed by atoms with Crippen LogP contribution in [-0.4, -0.2) is 36.0 Å². The number of hydrogen-bond acceptors (Lipinski definition) is 0. The van der Waals surface area contributed by atoms with Crippen LogP contribution in [0.4, 0.5) is 61.5 Å². The van der Waals surface area contributed by atoms with Crippen LogP contribution < -0.4 is 0 Å². The molecule has 0 saturated heterocycles. The van der Waals surface area contributed by atoms with Crippen molar-refractivity contribution in [2.75, 3.05) is 0 Å². The lowest BCUT2D eigenvalue weighted by Crippen LogP contribution is -2.66. The highest BCUT2D eigenvalue weighted by molar-refractivity contribution is 9.11. The molecule has 0 fully saturated rings. The van der Waals surface area contributed by atoms with Crippen LogP contribution in [-0.2, 0) is 0 Å². The molecular weight excluding hydrogens is 442 g/mol. The zero-order chi connectivity index (χ0) is 19.3. The highest BCUT2D eigenvalue weighted by atomic mass is 79.9. The molecule has 0 aliphatic rings. The minimum atomic E-state index is -7.75. The van der Waals surface area contributed by atoms with E-state index in [2.05, 4.69) is 0 Å². The summed E-state index contributed by atoms with van der Waals surface area (Å²) in [5, 5.41) is 0. The molecule has 0 aromatic heterocycles. The monoisotopic (exact) mass is 442 g/mol. The van der Waals surface area contributed by atoms with Crippen molar-refractivity contribution >= 4 is 15.9 Å². The van der Waals surface area contributed by atoms with Gasteiger partial charge in [-0.05, 0) is 15.9 Å². The molecule has 138 valence electrons. The van der Waals surface area contributed by atoms with E-state index < -0.39 is 46.6 Å². The maximum Gasteiger partial charge on any atom is 0.460 e.